The maximum Gasteiger partial charge on any atom is 0.270 e. The van der Waals surface area contributed by atoms with E-state index in [-0.39, 0.29) is 21.9 Å². The second kappa shape index (κ2) is 8.57. The van der Waals surface area contributed by atoms with Crippen molar-refractivity contribution in [2.24, 2.45) is 0 Å². The first kappa shape index (κ1) is 20.6. The zero-order valence-electron chi connectivity index (χ0n) is 14.8. The van der Waals surface area contributed by atoms with E-state index in [0.29, 0.717) is 27.7 Å². The molecule has 0 spiro atoms. The first-order valence-electron chi connectivity index (χ1n) is 8.17. The van der Waals surface area contributed by atoms with Gasteiger partial charge < -0.3 is 4.52 Å². The van der Waals surface area contributed by atoms with Gasteiger partial charge in [-0.05, 0) is 35.7 Å². The van der Waals surface area contributed by atoms with E-state index in [2.05, 4.69) is 30.4 Å². The highest BCUT2D eigenvalue weighted by molar-refractivity contribution is 7.91. The Labute approximate surface area is 183 Å². The quantitative estimate of drug-likeness (QED) is 0.383. The van der Waals surface area contributed by atoms with Gasteiger partial charge in [0.05, 0.1) is 11.4 Å². The van der Waals surface area contributed by atoms with E-state index in [1.807, 2.05) is 17.5 Å². The van der Waals surface area contributed by atoms with Gasteiger partial charge in [0.1, 0.15) is 0 Å². The second-order valence-electron chi connectivity index (χ2n) is 5.65. The Hall–Kier alpha value is -2.71. The lowest BCUT2D eigenvalue weighted by atomic mass is 10.2. The third kappa shape index (κ3) is 4.71. The first-order valence-corrected chi connectivity index (χ1v) is 11.7. The molecule has 14 heteroatoms. The Kier molecular flexibility index (Phi) is 5.87. The average molecular weight is 483 g/mol. The minimum Gasteiger partial charge on any atom is -0.337 e. The van der Waals surface area contributed by atoms with Crippen molar-refractivity contribution in [2.45, 2.75) is 10.9 Å². The Bertz CT molecular complexity index is 1270. The number of anilines is 1. The van der Waals surface area contributed by atoms with Gasteiger partial charge in [-0.15, -0.1) is 21.5 Å². The zero-order valence-corrected chi connectivity index (χ0v) is 18.0. The SMILES string of the molecule is O=C(Nc1nnc(S(=O)(=O)NCc2nc(-c3cccs3)no2)s1)c1ccc(Cl)cc1. The van der Waals surface area contributed by atoms with Crippen LogP contribution in [0.1, 0.15) is 16.2 Å². The summed E-state index contributed by atoms with van der Waals surface area (Å²) in [6, 6.07) is 9.87. The fraction of sp³-hybridized carbons (Fsp3) is 0.0625. The summed E-state index contributed by atoms with van der Waals surface area (Å²) in [5.74, 6) is 0.0109. The molecule has 2 N–H and O–H groups in total. The Morgan fingerprint density at radius 3 is 2.70 bits per heavy atom. The van der Waals surface area contributed by atoms with Crippen LogP contribution in [0.15, 0.2) is 50.6 Å². The standard InChI is InChI=1S/C16H11ClN6O4S3/c17-10-5-3-9(4-6-10)14(24)20-15-21-22-16(29-15)30(25,26)18-8-12-19-13(23-27-12)11-2-1-7-28-11/h1-7,18H,8H2,(H,20,21,24). The third-order valence-corrected chi connectivity index (χ3v) is 7.31. The van der Waals surface area contributed by atoms with E-state index in [4.69, 9.17) is 16.1 Å². The van der Waals surface area contributed by atoms with Gasteiger partial charge in [-0.3, -0.25) is 10.1 Å². The summed E-state index contributed by atoms with van der Waals surface area (Å²) in [4.78, 5) is 17.1. The van der Waals surface area contributed by atoms with Crippen LogP contribution in [-0.4, -0.2) is 34.7 Å². The maximum absolute atomic E-state index is 12.4. The number of sulfonamides is 1. The molecule has 0 saturated carbocycles. The summed E-state index contributed by atoms with van der Waals surface area (Å²) in [6.45, 7) is -0.216. The minimum absolute atomic E-state index is 0.0353. The molecule has 0 atom stereocenters. The van der Waals surface area contributed by atoms with Crippen LogP contribution in [0.25, 0.3) is 10.7 Å². The highest BCUT2D eigenvalue weighted by Gasteiger charge is 2.22. The molecule has 0 unspecified atom stereocenters. The molecule has 0 aliphatic heterocycles. The molecule has 0 radical (unpaired) electrons. The fourth-order valence-corrected chi connectivity index (χ4v) is 4.88. The van der Waals surface area contributed by atoms with Gasteiger partial charge in [-0.1, -0.05) is 34.2 Å². The van der Waals surface area contributed by atoms with E-state index in [9.17, 15) is 13.2 Å². The Morgan fingerprint density at radius 1 is 1.17 bits per heavy atom. The van der Waals surface area contributed by atoms with Crippen molar-refractivity contribution in [1.29, 1.82) is 0 Å². The van der Waals surface area contributed by atoms with Crippen molar-refractivity contribution >= 4 is 55.3 Å². The normalized spacial score (nSPS) is 11.5. The van der Waals surface area contributed by atoms with Gasteiger partial charge in [0.15, 0.2) is 0 Å². The van der Waals surface area contributed by atoms with E-state index < -0.39 is 15.9 Å². The average Bonchev–Trinajstić information content (AvgIpc) is 3.48. The van der Waals surface area contributed by atoms with Crippen LogP contribution < -0.4 is 10.0 Å². The largest absolute Gasteiger partial charge is 0.337 e. The molecule has 0 fully saturated rings. The number of carbonyl (C=O) groups is 1. The van der Waals surface area contributed by atoms with Crippen molar-refractivity contribution in [3.05, 3.63) is 58.3 Å². The van der Waals surface area contributed by atoms with Gasteiger partial charge >= 0.3 is 0 Å². The summed E-state index contributed by atoms with van der Waals surface area (Å²) in [7, 11) is -3.99. The van der Waals surface area contributed by atoms with Crippen LogP contribution in [-0.2, 0) is 16.6 Å². The van der Waals surface area contributed by atoms with Gasteiger partial charge in [0.25, 0.3) is 15.9 Å². The van der Waals surface area contributed by atoms with Gasteiger partial charge in [0, 0.05) is 10.6 Å². The molecule has 0 aliphatic carbocycles. The van der Waals surface area contributed by atoms with E-state index in [1.54, 1.807) is 12.1 Å². The fourth-order valence-electron chi connectivity index (χ4n) is 2.19. The number of aromatic nitrogens is 4. The summed E-state index contributed by atoms with van der Waals surface area (Å²) in [5.41, 5.74) is 0.343. The van der Waals surface area contributed by atoms with Gasteiger partial charge in [-0.25, -0.2) is 8.42 Å². The number of carbonyl (C=O) groups excluding carboxylic acids is 1. The number of hydrogen-bond donors (Lipinski definition) is 2. The van der Waals surface area contributed by atoms with Crippen LogP contribution in [0, 0.1) is 0 Å². The summed E-state index contributed by atoms with van der Waals surface area (Å²) >= 11 is 7.93. The molecular formula is C16H11ClN6O4S3. The second-order valence-corrected chi connectivity index (χ2v) is 9.95. The Morgan fingerprint density at radius 2 is 1.97 bits per heavy atom. The number of hydrogen-bond acceptors (Lipinski definition) is 10. The van der Waals surface area contributed by atoms with Crippen LogP contribution >= 0.6 is 34.3 Å². The number of thiophene rings is 1. The lowest BCUT2D eigenvalue weighted by Gasteiger charge is -2.01. The molecule has 10 nitrogen and oxygen atoms in total. The first-order chi connectivity index (χ1) is 14.4. The van der Waals surface area contributed by atoms with Crippen LogP contribution in [0.5, 0.6) is 0 Å². The number of nitrogens with zero attached hydrogens (tertiary/aromatic N) is 4. The van der Waals surface area contributed by atoms with E-state index >= 15 is 0 Å². The van der Waals surface area contributed by atoms with Crippen molar-refractivity contribution in [3.63, 3.8) is 0 Å². The van der Waals surface area contributed by atoms with Gasteiger partial charge in [-0.2, -0.15) is 9.71 Å². The zero-order chi connectivity index (χ0) is 21.1. The smallest absolute Gasteiger partial charge is 0.270 e. The monoisotopic (exact) mass is 482 g/mol. The summed E-state index contributed by atoms with van der Waals surface area (Å²) < 4.78 is 31.9. The lowest BCUT2D eigenvalue weighted by molar-refractivity contribution is 0.102. The predicted octanol–water partition coefficient (Wildman–Crippen LogP) is 3.03. The molecule has 0 saturated heterocycles. The molecule has 0 bridgehead atoms. The van der Waals surface area contributed by atoms with Crippen LogP contribution in [0.2, 0.25) is 5.02 Å². The number of rotatable bonds is 7. The molecular weight excluding hydrogens is 472 g/mol. The van der Waals surface area contributed by atoms with Crippen LogP contribution in [0.4, 0.5) is 5.13 Å². The molecule has 4 aromatic rings. The number of halogens is 1. The maximum atomic E-state index is 12.4. The molecule has 154 valence electrons. The number of amides is 1. The highest BCUT2D eigenvalue weighted by Crippen LogP contribution is 2.23. The van der Waals surface area contributed by atoms with Crippen molar-refractivity contribution in [1.82, 2.24) is 25.1 Å². The summed E-state index contributed by atoms with van der Waals surface area (Å²) in [5, 5.41) is 16.0. The molecule has 4 rings (SSSR count). The molecule has 1 amide bonds. The molecule has 3 heterocycles. The molecule has 1 aromatic carbocycles. The number of benzene rings is 1. The van der Waals surface area contributed by atoms with E-state index in [1.165, 1.54) is 23.5 Å². The van der Waals surface area contributed by atoms with E-state index in [0.717, 1.165) is 4.88 Å². The Balaban J connectivity index is 1.39. The number of nitrogens with one attached hydrogen (secondary N) is 2. The lowest BCUT2D eigenvalue weighted by Crippen LogP contribution is -2.23. The highest BCUT2D eigenvalue weighted by atomic mass is 35.5. The van der Waals surface area contributed by atoms with Gasteiger partial charge in [0.2, 0.25) is 21.2 Å². The molecule has 3 aromatic heterocycles. The predicted molar refractivity (Wildman–Crippen MR) is 111 cm³/mol. The topological polar surface area (TPSA) is 140 Å². The molecule has 0 aliphatic rings. The minimum atomic E-state index is -3.99. The summed E-state index contributed by atoms with van der Waals surface area (Å²) in [6.07, 6.45) is 0. The third-order valence-electron chi connectivity index (χ3n) is 3.59. The van der Waals surface area contributed by atoms with Crippen molar-refractivity contribution in [3.8, 4) is 10.7 Å². The van der Waals surface area contributed by atoms with Crippen LogP contribution in [0.3, 0.4) is 0 Å². The van der Waals surface area contributed by atoms with Crippen molar-refractivity contribution in [2.75, 3.05) is 5.32 Å². The van der Waals surface area contributed by atoms with Crippen molar-refractivity contribution < 1.29 is 17.7 Å². The molecule has 30 heavy (non-hydrogen) atoms.